The van der Waals surface area contributed by atoms with E-state index in [1.165, 1.54) is 10.5 Å². The van der Waals surface area contributed by atoms with E-state index in [1.807, 2.05) is 37.4 Å². The van der Waals surface area contributed by atoms with Gasteiger partial charge in [0.2, 0.25) is 0 Å². The highest BCUT2D eigenvalue weighted by Gasteiger charge is 2.14. The number of thioether (sulfide) groups is 1. The van der Waals surface area contributed by atoms with E-state index < -0.39 is 0 Å². The van der Waals surface area contributed by atoms with Gasteiger partial charge in [-0.05, 0) is 18.6 Å². The lowest BCUT2D eigenvalue weighted by atomic mass is 10.3. The number of para-hydroxylation sites is 1. The number of aromatic nitrogens is 3. The number of rotatable bonds is 9. The van der Waals surface area contributed by atoms with Crippen LogP contribution in [0.2, 0.25) is 0 Å². The molecule has 1 aromatic carbocycles. The fourth-order valence-electron chi connectivity index (χ4n) is 2.75. The molecule has 6 heteroatoms. The molecule has 1 N–H and O–H groups in total. The molecule has 5 nitrogen and oxygen atoms in total. The van der Waals surface area contributed by atoms with Crippen LogP contribution in [0.5, 0.6) is 5.75 Å². The number of hydrogen-bond acceptors (Lipinski definition) is 4. The average molecular weight is 358 g/mol. The Bertz CT molecular complexity index is 739. The third kappa shape index (κ3) is 5.21. The molecule has 0 amide bonds. The Morgan fingerprint density at radius 3 is 2.80 bits per heavy atom. The van der Waals surface area contributed by atoms with E-state index in [2.05, 4.69) is 40.0 Å². The largest absolute Gasteiger partial charge is 0.493 e. The lowest BCUT2D eigenvalue weighted by molar-refractivity contribution is -0.889. The summed E-state index contributed by atoms with van der Waals surface area (Å²) in [4.78, 5) is 1.41. The van der Waals surface area contributed by atoms with Gasteiger partial charge in [0, 0.05) is 18.4 Å². The highest BCUT2D eigenvalue weighted by atomic mass is 32.2. The maximum absolute atomic E-state index is 5.72. The van der Waals surface area contributed by atoms with Gasteiger partial charge in [0.1, 0.15) is 18.8 Å². The Labute approximate surface area is 153 Å². The molecular weight excluding hydrogens is 332 g/mol. The maximum atomic E-state index is 5.72. The summed E-state index contributed by atoms with van der Waals surface area (Å²) >= 11 is 1.68. The second kappa shape index (κ2) is 8.87. The molecule has 0 aliphatic heterocycles. The van der Waals surface area contributed by atoms with Crippen molar-refractivity contribution in [1.82, 2.24) is 14.8 Å². The summed E-state index contributed by atoms with van der Waals surface area (Å²) < 4.78 is 7.81. The van der Waals surface area contributed by atoms with Crippen molar-refractivity contribution in [2.75, 3.05) is 26.0 Å². The van der Waals surface area contributed by atoms with E-state index >= 15 is 0 Å². The van der Waals surface area contributed by atoms with Gasteiger partial charge in [-0.25, -0.2) is 0 Å². The van der Waals surface area contributed by atoms with Crippen molar-refractivity contribution in [2.45, 2.75) is 18.1 Å². The van der Waals surface area contributed by atoms with Crippen LogP contribution < -0.4 is 9.64 Å². The standard InChI is InChI=1S/C19H24N4OS/c1-22(14-16-8-6-7-9-16)15-18-20-21-19(23(18)2)25-13-12-24-17-10-4-3-5-11-17/h3-6,8-11H,7,12-15H2,1-2H3/p+1. The number of nitrogens with one attached hydrogen (secondary N) is 1. The molecule has 1 aliphatic rings. The topological polar surface area (TPSA) is 44.4 Å². The van der Waals surface area contributed by atoms with Crippen LogP contribution in [0, 0.1) is 0 Å². The van der Waals surface area contributed by atoms with Crippen molar-refractivity contribution in [2.24, 2.45) is 7.05 Å². The maximum Gasteiger partial charge on any atom is 0.191 e. The number of quaternary nitrogens is 1. The number of ether oxygens (including phenoxy) is 1. The lowest BCUT2D eigenvalue weighted by Gasteiger charge is -2.13. The van der Waals surface area contributed by atoms with Gasteiger partial charge in [-0.2, -0.15) is 0 Å². The fourth-order valence-corrected chi connectivity index (χ4v) is 3.50. The quantitative estimate of drug-likeness (QED) is 0.550. The second-order valence-corrected chi connectivity index (χ2v) is 7.26. The van der Waals surface area contributed by atoms with Crippen LogP contribution >= 0.6 is 11.8 Å². The molecule has 2 aromatic rings. The van der Waals surface area contributed by atoms with E-state index in [-0.39, 0.29) is 0 Å². The monoisotopic (exact) mass is 357 g/mol. The van der Waals surface area contributed by atoms with Gasteiger partial charge in [-0.3, -0.25) is 0 Å². The molecule has 1 aromatic heterocycles. The van der Waals surface area contributed by atoms with E-state index in [0.717, 1.165) is 42.0 Å². The van der Waals surface area contributed by atoms with Gasteiger partial charge in [0.25, 0.3) is 0 Å². The van der Waals surface area contributed by atoms with Crippen LogP contribution in [-0.4, -0.2) is 40.7 Å². The zero-order chi connectivity index (χ0) is 17.5. The Balaban J connectivity index is 1.44. The molecule has 0 spiro atoms. The van der Waals surface area contributed by atoms with Crippen LogP contribution in [0.4, 0.5) is 0 Å². The van der Waals surface area contributed by atoms with Crippen molar-refractivity contribution in [3.63, 3.8) is 0 Å². The van der Waals surface area contributed by atoms with Crippen LogP contribution in [0.1, 0.15) is 12.2 Å². The van der Waals surface area contributed by atoms with Crippen LogP contribution in [-0.2, 0) is 13.6 Å². The van der Waals surface area contributed by atoms with E-state index in [4.69, 9.17) is 4.74 Å². The first-order valence-corrected chi connectivity index (χ1v) is 9.56. The molecule has 0 saturated carbocycles. The lowest BCUT2D eigenvalue weighted by Crippen LogP contribution is -3.07. The number of benzene rings is 1. The molecule has 1 aliphatic carbocycles. The van der Waals surface area contributed by atoms with Gasteiger partial charge in [0.15, 0.2) is 11.0 Å². The van der Waals surface area contributed by atoms with Crippen molar-refractivity contribution < 1.29 is 9.64 Å². The van der Waals surface area contributed by atoms with Gasteiger partial charge < -0.3 is 14.2 Å². The SMILES string of the molecule is Cn1c(C[NH+](C)CC2=CCC=C2)nnc1SCCOc1ccccc1. The summed E-state index contributed by atoms with van der Waals surface area (Å²) in [7, 11) is 4.24. The summed E-state index contributed by atoms with van der Waals surface area (Å²) in [5.41, 5.74) is 1.41. The molecule has 25 heavy (non-hydrogen) atoms. The van der Waals surface area contributed by atoms with Gasteiger partial charge >= 0.3 is 0 Å². The van der Waals surface area contributed by atoms with Crippen molar-refractivity contribution >= 4 is 11.8 Å². The summed E-state index contributed by atoms with van der Waals surface area (Å²) in [6, 6.07) is 9.89. The van der Waals surface area contributed by atoms with Crippen molar-refractivity contribution in [1.29, 1.82) is 0 Å². The first kappa shape index (κ1) is 17.8. The van der Waals surface area contributed by atoms with Crippen LogP contribution in [0.3, 0.4) is 0 Å². The predicted molar refractivity (Wildman–Crippen MR) is 101 cm³/mol. The average Bonchev–Trinajstić information content (AvgIpc) is 3.24. The summed E-state index contributed by atoms with van der Waals surface area (Å²) in [5.74, 6) is 2.77. The first-order chi connectivity index (χ1) is 12.2. The Hall–Kier alpha value is -2.05. The fraction of sp³-hybridized carbons (Fsp3) is 0.368. The second-order valence-electron chi connectivity index (χ2n) is 6.20. The molecule has 1 atom stereocenters. The molecule has 1 heterocycles. The summed E-state index contributed by atoms with van der Waals surface area (Å²) in [5, 5.41) is 9.63. The minimum atomic E-state index is 0.655. The number of allylic oxidation sites excluding steroid dienone is 2. The van der Waals surface area contributed by atoms with E-state index in [9.17, 15) is 0 Å². The summed E-state index contributed by atoms with van der Waals surface area (Å²) in [6.07, 6.45) is 7.78. The summed E-state index contributed by atoms with van der Waals surface area (Å²) in [6.45, 7) is 2.55. The zero-order valence-electron chi connectivity index (χ0n) is 14.8. The molecule has 0 fully saturated rings. The first-order valence-electron chi connectivity index (χ1n) is 8.58. The molecule has 1 unspecified atom stereocenters. The highest BCUT2D eigenvalue weighted by Crippen LogP contribution is 2.16. The molecule has 0 bridgehead atoms. The normalized spacial score (nSPS) is 14.6. The Kier molecular flexibility index (Phi) is 6.30. The zero-order valence-corrected chi connectivity index (χ0v) is 15.6. The number of nitrogens with zero attached hydrogens (tertiary/aromatic N) is 3. The van der Waals surface area contributed by atoms with Gasteiger partial charge in [-0.15, -0.1) is 10.2 Å². The minimum absolute atomic E-state index is 0.655. The van der Waals surface area contributed by atoms with Crippen LogP contribution in [0.15, 0.2) is 59.3 Å². The smallest absolute Gasteiger partial charge is 0.191 e. The highest BCUT2D eigenvalue weighted by molar-refractivity contribution is 7.99. The Morgan fingerprint density at radius 1 is 1.20 bits per heavy atom. The third-order valence-electron chi connectivity index (χ3n) is 4.07. The molecule has 0 radical (unpaired) electrons. The van der Waals surface area contributed by atoms with E-state index in [0.29, 0.717) is 6.61 Å². The van der Waals surface area contributed by atoms with Crippen LogP contribution in [0.25, 0.3) is 0 Å². The van der Waals surface area contributed by atoms with Crippen molar-refractivity contribution in [3.05, 3.63) is 60.0 Å². The molecule has 132 valence electrons. The Morgan fingerprint density at radius 2 is 2.04 bits per heavy atom. The van der Waals surface area contributed by atoms with Gasteiger partial charge in [-0.1, -0.05) is 48.2 Å². The number of likely N-dealkylation sites (N-methyl/N-ethyl adjacent to an activating group) is 1. The minimum Gasteiger partial charge on any atom is -0.493 e. The van der Waals surface area contributed by atoms with Crippen molar-refractivity contribution in [3.8, 4) is 5.75 Å². The van der Waals surface area contributed by atoms with E-state index in [1.54, 1.807) is 11.8 Å². The molecule has 0 saturated heterocycles. The number of hydrogen-bond donors (Lipinski definition) is 1. The molecular formula is C19H25N4OS+. The molecule has 3 rings (SSSR count). The predicted octanol–water partition coefficient (Wildman–Crippen LogP) is 1.89. The third-order valence-corrected chi connectivity index (χ3v) is 5.05. The van der Waals surface area contributed by atoms with Gasteiger partial charge in [0.05, 0.1) is 13.7 Å².